The smallest absolute Gasteiger partial charge is 0.195 e. The summed E-state index contributed by atoms with van der Waals surface area (Å²) in [5.74, 6) is -0.00699. The monoisotopic (exact) mass is 283 g/mol. The van der Waals surface area contributed by atoms with Crippen LogP contribution in [0.4, 0.5) is 0 Å². The van der Waals surface area contributed by atoms with Crippen molar-refractivity contribution in [1.82, 2.24) is 4.98 Å². The lowest BCUT2D eigenvalue weighted by molar-refractivity contribution is 0.104. The maximum atomic E-state index is 12.7. The number of hydrogen-bond donors (Lipinski definition) is 1. The summed E-state index contributed by atoms with van der Waals surface area (Å²) >= 11 is 6.04. The number of rotatable bonds is 2. The van der Waals surface area contributed by atoms with E-state index in [-0.39, 0.29) is 5.78 Å². The topological polar surface area (TPSA) is 32.9 Å². The molecule has 0 aliphatic rings. The average Bonchev–Trinajstić information content (AvgIpc) is 2.79. The molecule has 0 atom stereocenters. The second-order valence-electron chi connectivity index (χ2n) is 5.10. The number of aromatic amines is 1. The van der Waals surface area contributed by atoms with E-state index in [1.165, 1.54) is 0 Å². The Morgan fingerprint density at radius 3 is 2.60 bits per heavy atom. The maximum Gasteiger partial charge on any atom is 0.195 e. The predicted molar refractivity (Wildman–Crippen MR) is 82.7 cm³/mol. The summed E-state index contributed by atoms with van der Waals surface area (Å²) < 4.78 is 0. The van der Waals surface area contributed by atoms with Gasteiger partial charge in [0.25, 0.3) is 0 Å². The minimum Gasteiger partial charge on any atom is -0.360 e. The Labute approximate surface area is 122 Å². The molecule has 1 aromatic heterocycles. The highest BCUT2D eigenvalue weighted by Gasteiger charge is 2.15. The zero-order chi connectivity index (χ0) is 14.3. The lowest BCUT2D eigenvalue weighted by atomic mass is 10.0. The lowest BCUT2D eigenvalue weighted by Crippen LogP contribution is -2.01. The molecule has 0 radical (unpaired) electrons. The third-order valence-electron chi connectivity index (χ3n) is 3.39. The first-order valence-corrected chi connectivity index (χ1v) is 6.82. The summed E-state index contributed by atoms with van der Waals surface area (Å²) in [6.07, 6.45) is 1.77. The highest BCUT2D eigenvalue weighted by molar-refractivity contribution is 6.31. The Kier molecular flexibility index (Phi) is 3.11. The van der Waals surface area contributed by atoms with Gasteiger partial charge in [-0.05, 0) is 49.7 Å². The second kappa shape index (κ2) is 4.80. The average molecular weight is 284 g/mol. The molecule has 0 fully saturated rings. The Morgan fingerprint density at radius 1 is 1.05 bits per heavy atom. The third-order valence-corrected chi connectivity index (χ3v) is 3.60. The Bertz CT molecular complexity index is 797. The molecule has 0 aliphatic heterocycles. The number of halogens is 1. The van der Waals surface area contributed by atoms with Gasteiger partial charge in [-0.15, -0.1) is 0 Å². The van der Waals surface area contributed by atoms with E-state index in [0.717, 1.165) is 22.0 Å². The quantitative estimate of drug-likeness (QED) is 0.681. The van der Waals surface area contributed by atoms with Crippen molar-refractivity contribution in [2.45, 2.75) is 13.8 Å². The molecule has 1 heterocycles. The Morgan fingerprint density at radius 2 is 1.85 bits per heavy atom. The summed E-state index contributed by atoms with van der Waals surface area (Å²) in [4.78, 5) is 15.8. The Balaban J connectivity index is 2.15. The van der Waals surface area contributed by atoms with Gasteiger partial charge in [-0.3, -0.25) is 4.79 Å². The van der Waals surface area contributed by atoms with Gasteiger partial charge in [-0.1, -0.05) is 23.2 Å². The zero-order valence-corrected chi connectivity index (χ0v) is 12.1. The number of carbonyl (C=O) groups is 1. The van der Waals surface area contributed by atoms with Crippen LogP contribution in [0.15, 0.2) is 42.6 Å². The number of H-pyrrole nitrogens is 1. The number of benzene rings is 2. The van der Waals surface area contributed by atoms with Crippen LogP contribution in [0.2, 0.25) is 5.02 Å². The largest absolute Gasteiger partial charge is 0.360 e. The molecular formula is C17H14ClNO. The first kappa shape index (κ1) is 12.9. The molecule has 0 saturated heterocycles. The molecule has 0 unspecified atom stereocenters. The first-order chi connectivity index (χ1) is 9.54. The number of carbonyl (C=O) groups excluding carboxylic acids is 1. The molecule has 3 heteroatoms. The van der Waals surface area contributed by atoms with Gasteiger partial charge in [0.1, 0.15) is 0 Å². The maximum absolute atomic E-state index is 12.7. The van der Waals surface area contributed by atoms with Crippen LogP contribution in [0.25, 0.3) is 10.9 Å². The highest BCUT2D eigenvalue weighted by Crippen LogP contribution is 2.24. The lowest BCUT2D eigenvalue weighted by Gasteiger charge is -2.03. The molecule has 20 heavy (non-hydrogen) atoms. The van der Waals surface area contributed by atoms with E-state index in [1.54, 1.807) is 12.3 Å². The van der Waals surface area contributed by atoms with Crippen molar-refractivity contribution in [3.05, 3.63) is 69.9 Å². The number of nitrogens with one attached hydrogen (secondary N) is 1. The molecule has 3 aromatic rings. The fourth-order valence-electron chi connectivity index (χ4n) is 2.45. The van der Waals surface area contributed by atoms with E-state index in [1.807, 2.05) is 44.2 Å². The van der Waals surface area contributed by atoms with Gasteiger partial charge in [-0.25, -0.2) is 0 Å². The van der Waals surface area contributed by atoms with Crippen molar-refractivity contribution < 1.29 is 4.79 Å². The molecular weight excluding hydrogens is 270 g/mol. The molecule has 2 aromatic carbocycles. The van der Waals surface area contributed by atoms with Crippen LogP contribution in [-0.2, 0) is 0 Å². The van der Waals surface area contributed by atoms with Crippen molar-refractivity contribution >= 4 is 28.3 Å². The predicted octanol–water partition coefficient (Wildman–Crippen LogP) is 4.67. The van der Waals surface area contributed by atoms with Crippen molar-refractivity contribution in [2.24, 2.45) is 0 Å². The second-order valence-corrected chi connectivity index (χ2v) is 5.53. The van der Waals surface area contributed by atoms with E-state index in [2.05, 4.69) is 4.98 Å². The van der Waals surface area contributed by atoms with Crippen LogP contribution in [0.3, 0.4) is 0 Å². The standard InChI is InChI=1S/C17H14ClNO/c1-10-3-4-16-14(7-10)15(9-19-16)17(20)12-5-11(2)6-13(18)8-12/h3-9,19H,1-2H3. The van der Waals surface area contributed by atoms with Crippen molar-refractivity contribution in [3.63, 3.8) is 0 Å². The van der Waals surface area contributed by atoms with Crippen molar-refractivity contribution in [3.8, 4) is 0 Å². The number of hydrogen-bond acceptors (Lipinski definition) is 1. The minimum absolute atomic E-state index is 0.00699. The molecule has 0 aliphatic carbocycles. The molecule has 0 spiro atoms. The fraction of sp³-hybridized carbons (Fsp3) is 0.118. The van der Waals surface area contributed by atoms with Crippen LogP contribution in [-0.4, -0.2) is 10.8 Å². The minimum atomic E-state index is -0.00699. The number of aromatic nitrogens is 1. The molecule has 1 N–H and O–H groups in total. The van der Waals surface area contributed by atoms with Gasteiger partial charge in [0, 0.05) is 33.2 Å². The molecule has 3 rings (SSSR count). The molecule has 0 bridgehead atoms. The van der Waals surface area contributed by atoms with Crippen LogP contribution in [0, 0.1) is 13.8 Å². The van der Waals surface area contributed by atoms with Crippen molar-refractivity contribution in [2.75, 3.05) is 0 Å². The zero-order valence-electron chi connectivity index (χ0n) is 11.3. The van der Waals surface area contributed by atoms with Gasteiger partial charge >= 0.3 is 0 Å². The van der Waals surface area contributed by atoms with Crippen LogP contribution < -0.4 is 0 Å². The Hall–Kier alpha value is -2.06. The summed E-state index contributed by atoms with van der Waals surface area (Å²) in [5, 5.41) is 1.54. The van der Waals surface area contributed by atoms with E-state index in [0.29, 0.717) is 16.1 Å². The molecule has 100 valence electrons. The number of fused-ring (bicyclic) bond motifs is 1. The van der Waals surface area contributed by atoms with Gasteiger partial charge in [-0.2, -0.15) is 0 Å². The van der Waals surface area contributed by atoms with E-state index in [9.17, 15) is 4.79 Å². The van der Waals surface area contributed by atoms with Gasteiger partial charge in [0.05, 0.1) is 0 Å². The summed E-state index contributed by atoms with van der Waals surface area (Å²) in [7, 11) is 0. The normalized spacial score (nSPS) is 10.9. The van der Waals surface area contributed by atoms with Gasteiger partial charge in [0.15, 0.2) is 5.78 Å². The fourth-order valence-corrected chi connectivity index (χ4v) is 2.73. The van der Waals surface area contributed by atoms with Gasteiger partial charge < -0.3 is 4.98 Å². The summed E-state index contributed by atoms with van der Waals surface area (Å²) in [6, 6.07) is 11.5. The van der Waals surface area contributed by atoms with Crippen molar-refractivity contribution in [1.29, 1.82) is 0 Å². The molecule has 2 nitrogen and oxygen atoms in total. The van der Waals surface area contributed by atoms with Crippen LogP contribution in [0.5, 0.6) is 0 Å². The van der Waals surface area contributed by atoms with E-state index < -0.39 is 0 Å². The van der Waals surface area contributed by atoms with Gasteiger partial charge in [0.2, 0.25) is 0 Å². The summed E-state index contributed by atoms with van der Waals surface area (Å²) in [6.45, 7) is 3.95. The van der Waals surface area contributed by atoms with E-state index in [4.69, 9.17) is 11.6 Å². The number of ketones is 1. The summed E-state index contributed by atoms with van der Waals surface area (Å²) in [5.41, 5.74) is 4.39. The molecule has 0 amide bonds. The first-order valence-electron chi connectivity index (χ1n) is 6.44. The van der Waals surface area contributed by atoms with Crippen LogP contribution in [0.1, 0.15) is 27.0 Å². The van der Waals surface area contributed by atoms with Crippen LogP contribution >= 0.6 is 11.6 Å². The molecule has 0 saturated carbocycles. The number of aryl methyl sites for hydroxylation is 2. The highest BCUT2D eigenvalue weighted by atomic mass is 35.5. The third kappa shape index (κ3) is 2.23. The van der Waals surface area contributed by atoms with E-state index >= 15 is 0 Å². The SMILES string of the molecule is Cc1cc(Cl)cc(C(=O)c2c[nH]c3ccc(C)cc23)c1.